The second-order valence-electron chi connectivity index (χ2n) is 5.79. The molecule has 0 N–H and O–H groups in total. The van der Waals surface area contributed by atoms with Gasteiger partial charge in [-0.05, 0) is 50.2 Å². The molecule has 0 amide bonds. The van der Waals surface area contributed by atoms with Crippen LogP contribution in [-0.4, -0.2) is 24.5 Å². The van der Waals surface area contributed by atoms with Crippen molar-refractivity contribution in [3.63, 3.8) is 0 Å². The van der Waals surface area contributed by atoms with Crippen LogP contribution in [0.1, 0.15) is 17.3 Å². The van der Waals surface area contributed by atoms with Gasteiger partial charge in [-0.2, -0.15) is 10.1 Å². The first-order valence-electron chi connectivity index (χ1n) is 7.87. The maximum Gasteiger partial charge on any atom is 0.248 e. The van der Waals surface area contributed by atoms with E-state index in [1.54, 1.807) is 4.68 Å². The van der Waals surface area contributed by atoms with Crippen molar-refractivity contribution < 1.29 is 4.52 Å². The molecule has 0 radical (unpaired) electrons. The Morgan fingerprint density at radius 2 is 1.80 bits per heavy atom. The molecular formula is C18H16ClN5O. The fourth-order valence-electron chi connectivity index (χ4n) is 2.68. The van der Waals surface area contributed by atoms with Crippen LogP contribution in [0.15, 0.2) is 53.3 Å². The first kappa shape index (κ1) is 15.7. The highest BCUT2D eigenvalue weighted by molar-refractivity contribution is 6.31. The van der Waals surface area contributed by atoms with Gasteiger partial charge in [-0.1, -0.05) is 16.8 Å². The molecule has 126 valence electrons. The van der Waals surface area contributed by atoms with E-state index >= 15 is 0 Å². The standard InChI is InChI=1S/C18H16ClN5O/c1-12-17(19)13(2)24(21-12)11-16-20-18(22-25-16)14-5-7-15(8-6-14)23-9-3-4-10-23/h3-10H,11H2,1-2H3. The van der Waals surface area contributed by atoms with Gasteiger partial charge < -0.3 is 9.09 Å². The Labute approximate surface area is 149 Å². The lowest BCUT2D eigenvalue weighted by Gasteiger charge is -2.02. The SMILES string of the molecule is Cc1nn(Cc2nc(-c3ccc(-n4cccc4)cc3)no2)c(C)c1Cl. The average Bonchev–Trinajstić information content (AvgIpc) is 3.35. The molecule has 1 aromatic carbocycles. The van der Waals surface area contributed by atoms with Crippen molar-refractivity contribution >= 4 is 11.6 Å². The third kappa shape index (κ3) is 2.96. The molecule has 4 aromatic rings. The molecule has 6 nitrogen and oxygen atoms in total. The van der Waals surface area contributed by atoms with Gasteiger partial charge in [0.2, 0.25) is 11.7 Å². The molecule has 0 aliphatic rings. The molecule has 0 aliphatic carbocycles. The fourth-order valence-corrected chi connectivity index (χ4v) is 2.82. The first-order valence-corrected chi connectivity index (χ1v) is 8.25. The minimum absolute atomic E-state index is 0.397. The molecule has 3 aromatic heterocycles. The zero-order valence-corrected chi connectivity index (χ0v) is 14.6. The number of benzene rings is 1. The third-order valence-electron chi connectivity index (χ3n) is 4.07. The summed E-state index contributed by atoms with van der Waals surface area (Å²) in [5.74, 6) is 1.05. The number of hydrogen-bond acceptors (Lipinski definition) is 4. The first-order chi connectivity index (χ1) is 12.1. The van der Waals surface area contributed by atoms with Gasteiger partial charge in [0.1, 0.15) is 6.54 Å². The lowest BCUT2D eigenvalue weighted by Crippen LogP contribution is -2.04. The normalized spacial score (nSPS) is 11.2. The Morgan fingerprint density at radius 1 is 1.08 bits per heavy atom. The van der Waals surface area contributed by atoms with Crippen molar-refractivity contribution in [1.29, 1.82) is 0 Å². The minimum atomic E-state index is 0.397. The Kier molecular flexibility index (Phi) is 3.89. The molecule has 4 rings (SSSR count). The van der Waals surface area contributed by atoms with Crippen LogP contribution >= 0.6 is 11.6 Å². The number of aromatic nitrogens is 5. The van der Waals surface area contributed by atoms with Gasteiger partial charge in [-0.25, -0.2) is 0 Å². The molecule has 0 atom stereocenters. The highest BCUT2D eigenvalue weighted by Gasteiger charge is 2.14. The third-order valence-corrected chi connectivity index (χ3v) is 4.62. The minimum Gasteiger partial charge on any atom is -0.337 e. The monoisotopic (exact) mass is 353 g/mol. The van der Waals surface area contributed by atoms with E-state index in [0.717, 1.165) is 22.6 Å². The highest BCUT2D eigenvalue weighted by atomic mass is 35.5. The van der Waals surface area contributed by atoms with Crippen molar-refractivity contribution in [3.05, 3.63) is 71.1 Å². The number of aryl methyl sites for hydroxylation is 1. The van der Waals surface area contributed by atoms with Gasteiger partial charge in [0.05, 0.1) is 16.4 Å². The maximum atomic E-state index is 6.17. The quantitative estimate of drug-likeness (QED) is 0.555. The fraction of sp³-hybridized carbons (Fsp3) is 0.167. The summed E-state index contributed by atoms with van der Waals surface area (Å²) in [6.45, 7) is 4.19. The van der Waals surface area contributed by atoms with Gasteiger partial charge in [-0.15, -0.1) is 0 Å². The van der Waals surface area contributed by atoms with Crippen LogP contribution in [-0.2, 0) is 6.54 Å². The molecule has 7 heteroatoms. The maximum absolute atomic E-state index is 6.17. The predicted molar refractivity (Wildman–Crippen MR) is 94.9 cm³/mol. The van der Waals surface area contributed by atoms with Crippen LogP contribution in [0.3, 0.4) is 0 Å². The molecule has 0 unspecified atom stereocenters. The molecule has 0 bridgehead atoms. The van der Waals surface area contributed by atoms with Crippen LogP contribution in [0, 0.1) is 13.8 Å². The number of rotatable bonds is 4. The van der Waals surface area contributed by atoms with Gasteiger partial charge >= 0.3 is 0 Å². The Balaban J connectivity index is 1.55. The average molecular weight is 354 g/mol. The molecule has 0 spiro atoms. The summed E-state index contributed by atoms with van der Waals surface area (Å²) in [4.78, 5) is 4.46. The van der Waals surface area contributed by atoms with Crippen LogP contribution in [0.2, 0.25) is 5.02 Å². The lowest BCUT2D eigenvalue weighted by atomic mass is 10.2. The van der Waals surface area contributed by atoms with E-state index in [-0.39, 0.29) is 0 Å². The van der Waals surface area contributed by atoms with Crippen LogP contribution in [0.25, 0.3) is 17.1 Å². The van der Waals surface area contributed by atoms with E-state index in [1.807, 2.05) is 67.2 Å². The summed E-state index contributed by atoms with van der Waals surface area (Å²) in [5, 5.41) is 9.12. The summed E-state index contributed by atoms with van der Waals surface area (Å²) in [5.41, 5.74) is 3.65. The van der Waals surface area contributed by atoms with E-state index in [0.29, 0.717) is 23.3 Å². The smallest absolute Gasteiger partial charge is 0.248 e. The molecule has 0 aliphatic heterocycles. The second-order valence-corrected chi connectivity index (χ2v) is 6.17. The Hall–Kier alpha value is -2.86. The highest BCUT2D eigenvalue weighted by Crippen LogP contribution is 2.21. The number of halogens is 1. The van der Waals surface area contributed by atoms with Gasteiger partial charge in [-0.3, -0.25) is 4.68 Å². The van der Waals surface area contributed by atoms with Gasteiger partial charge in [0.25, 0.3) is 0 Å². The van der Waals surface area contributed by atoms with E-state index in [9.17, 15) is 0 Å². The van der Waals surface area contributed by atoms with Crippen molar-refractivity contribution in [2.45, 2.75) is 20.4 Å². The molecule has 0 saturated heterocycles. The number of nitrogens with zero attached hydrogens (tertiary/aromatic N) is 5. The Morgan fingerprint density at radius 3 is 2.44 bits per heavy atom. The van der Waals surface area contributed by atoms with Crippen molar-refractivity contribution in [3.8, 4) is 17.1 Å². The summed E-state index contributed by atoms with van der Waals surface area (Å²) < 4.78 is 9.17. The topological polar surface area (TPSA) is 61.7 Å². The molecule has 0 saturated carbocycles. The summed E-state index contributed by atoms with van der Waals surface area (Å²) >= 11 is 6.17. The predicted octanol–water partition coefficient (Wildman–Crippen LogP) is 4.04. The van der Waals surface area contributed by atoms with Crippen molar-refractivity contribution in [1.82, 2.24) is 24.5 Å². The summed E-state index contributed by atoms with van der Waals surface area (Å²) in [6, 6.07) is 12.0. The van der Waals surface area contributed by atoms with Crippen LogP contribution in [0.5, 0.6) is 0 Å². The molecule has 25 heavy (non-hydrogen) atoms. The van der Waals surface area contributed by atoms with Crippen molar-refractivity contribution in [2.75, 3.05) is 0 Å². The molecule has 0 fully saturated rings. The Bertz CT molecular complexity index is 999. The zero-order valence-electron chi connectivity index (χ0n) is 13.8. The van der Waals surface area contributed by atoms with E-state index < -0.39 is 0 Å². The second kappa shape index (κ2) is 6.22. The van der Waals surface area contributed by atoms with Crippen LogP contribution < -0.4 is 0 Å². The molecule has 3 heterocycles. The summed E-state index contributed by atoms with van der Waals surface area (Å²) in [6.07, 6.45) is 4.00. The van der Waals surface area contributed by atoms with E-state index in [4.69, 9.17) is 16.1 Å². The molecular weight excluding hydrogens is 338 g/mol. The zero-order chi connectivity index (χ0) is 17.4. The van der Waals surface area contributed by atoms with Gasteiger partial charge in [0.15, 0.2) is 0 Å². The largest absolute Gasteiger partial charge is 0.337 e. The van der Waals surface area contributed by atoms with E-state index in [1.165, 1.54) is 0 Å². The van der Waals surface area contributed by atoms with Crippen LogP contribution in [0.4, 0.5) is 0 Å². The van der Waals surface area contributed by atoms with Crippen molar-refractivity contribution in [2.24, 2.45) is 0 Å². The number of hydrogen-bond donors (Lipinski definition) is 0. The lowest BCUT2D eigenvalue weighted by molar-refractivity contribution is 0.364. The van der Waals surface area contributed by atoms with Gasteiger partial charge in [0, 0.05) is 23.6 Å². The summed E-state index contributed by atoms with van der Waals surface area (Å²) in [7, 11) is 0. The van der Waals surface area contributed by atoms with E-state index in [2.05, 4.69) is 15.2 Å².